The normalized spacial score (nSPS) is 10.4. The minimum absolute atomic E-state index is 0. The zero-order valence-electron chi connectivity index (χ0n) is 9.76. The summed E-state index contributed by atoms with van der Waals surface area (Å²) in [6.07, 6.45) is 0. The number of hydrogen-bond acceptors (Lipinski definition) is 6. The molecule has 0 aromatic heterocycles. The molecule has 0 spiro atoms. The first kappa shape index (κ1) is 16.2. The van der Waals surface area contributed by atoms with Gasteiger partial charge < -0.3 is 29.6 Å². The number of ether oxygens (including phenoxy) is 2. The molecule has 6 nitrogen and oxygen atoms in total. The largest absolute Gasteiger partial charge is 1.00 e. The first-order valence-corrected chi connectivity index (χ1v) is 4.32. The number of carboxylic acids is 1. The van der Waals surface area contributed by atoms with Gasteiger partial charge in [-0.05, 0) is 18.2 Å². The topological polar surface area (TPSA) is 99.0 Å². The smallest absolute Gasteiger partial charge is 0.544 e. The maximum Gasteiger partial charge on any atom is 1.00 e. The minimum atomic E-state index is -3.06. The van der Waals surface area contributed by atoms with Crippen LogP contribution in [-0.2, 0) is 10.6 Å². The molecule has 0 unspecified atom stereocenters. The van der Waals surface area contributed by atoms with E-state index >= 15 is 0 Å². The summed E-state index contributed by atoms with van der Waals surface area (Å²) in [6, 6.07) is 3.70. The number of carbonyl (C=O) groups is 1. The summed E-state index contributed by atoms with van der Waals surface area (Å²) >= 11 is 0. The van der Waals surface area contributed by atoms with Crippen LogP contribution in [0.3, 0.4) is 0 Å². The zero-order valence-corrected chi connectivity index (χ0v) is 11.8. The van der Waals surface area contributed by atoms with E-state index in [0.717, 1.165) is 6.07 Å². The number of carboxylic acid groups (broad SMARTS) is 1. The van der Waals surface area contributed by atoms with Gasteiger partial charge in [-0.1, -0.05) is 0 Å². The Morgan fingerprint density at radius 2 is 1.76 bits per heavy atom. The second kappa shape index (κ2) is 6.23. The summed E-state index contributed by atoms with van der Waals surface area (Å²) < 4.78 is 9.80. The summed E-state index contributed by atoms with van der Waals surface area (Å²) in [7, 11) is 2.75. The minimum Gasteiger partial charge on any atom is -0.544 e. The molecule has 0 bridgehead atoms. The summed E-state index contributed by atoms with van der Waals surface area (Å²) in [6.45, 7) is 0. The van der Waals surface area contributed by atoms with Crippen LogP contribution in [0.5, 0.6) is 11.5 Å². The van der Waals surface area contributed by atoms with Crippen molar-refractivity contribution in [3.8, 4) is 11.5 Å². The molecule has 0 saturated carbocycles. The van der Waals surface area contributed by atoms with E-state index in [1.807, 2.05) is 0 Å². The fraction of sp³-hybridized carbons (Fsp3) is 0.300. The quantitative estimate of drug-likeness (QED) is 0.413. The molecule has 0 atom stereocenters. The summed E-state index contributed by atoms with van der Waals surface area (Å²) in [4.78, 5) is 10.5. The predicted molar refractivity (Wildman–Crippen MR) is 50.7 cm³/mol. The molecule has 7 heteroatoms. The van der Waals surface area contributed by atoms with Crippen LogP contribution in [-0.4, -0.2) is 30.4 Å². The average Bonchev–Trinajstić information content (AvgIpc) is 2.27. The monoisotopic (exact) mass is 250 g/mol. The van der Waals surface area contributed by atoms with Crippen molar-refractivity contribution in [3.05, 3.63) is 23.8 Å². The van der Waals surface area contributed by atoms with Gasteiger partial charge in [0.1, 0.15) is 5.97 Å². The Balaban J connectivity index is 0.00000256. The van der Waals surface area contributed by atoms with Crippen LogP contribution in [0.2, 0.25) is 0 Å². The number of rotatable bonds is 4. The standard InChI is InChI=1S/C10H12O6.Na/c1-15-7-4-3-6(5-8(7)16-2)10(13,14)9(11)12;/h3-5,13-14H,1-2H3,(H,11,12);/q;+1/p-1. The van der Waals surface area contributed by atoms with E-state index in [0.29, 0.717) is 5.75 Å². The molecule has 2 N–H and O–H groups in total. The Labute approximate surface area is 120 Å². The Kier molecular flexibility index (Phi) is 5.94. The van der Waals surface area contributed by atoms with Crippen LogP contribution in [0.25, 0.3) is 0 Å². The molecule has 0 radical (unpaired) electrons. The van der Waals surface area contributed by atoms with Crippen LogP contribution in [0.1, 0.15) is 5.56 Å². The average molecular weight is 250 g/mol. The summed E-state index contributed by atoms with van der Waals surface area (Å²) in [5.41, 5.74) is -0.273. The Morgan fingerprint density at radius 1 is 1.24 bits per heavy atom. The third-order valence-corrected chi connectivity index (χ3v) is 2.07. The molecule has 0 aliphatic carbocycles. The van der Waals surface area contributed by atoms with Crippen molar-refractivity contribution < 1.29 is 59.1 Å². The van der Waals surface area contributed by atoms with E-state index in [9.17, 15) is 20.1 Å². The molecule has 1 aromatic rings. The molecule has 1 rings (SSSR count). The van der Waals surface area contributed by atoms with Crippen LogP contribution in [0.4, 0.5) is 0 Å². The van der Waals surface area contributed by atoms with Crippen molar-refractivity contribution in [3.63, 3.8) is 0 Å². The van der Waals surface area contributed by atoms with Gasteiger partial charge in [0.05, 0.1) is 14.2 Å². The van der Waals surface area contributed by atoms with E-state index in [1.54, 1.807) is 0 Å². The number of methoxy groups -OCH3 is 2. The first-order valence-electron chi connectivity index (χ1n) is 4.32. The van der Waals surface area contributed by atoms with Crippen LogP contribution in [0.15, 0.2) is 18.2 Å². The fourth-order valence-corrected chi connectivity index (χ4v) is 1.17. The fourth-order valence-electron chi connectivity index (χ4n) is 1.17. The van der Waals surface area contributed by atoms with Crippen molar-refractivity contribution in [1.29, 1.82) is 0 Å². The van der Waals surface area contributed by atoms with Gasteiger partial charge in [0.25, 0.3) is 0 Å². The van der Waals surface area contributed by atoms with Gasteiger partial charge in [0.2, 0.25) is 5.79 Å². The van der Waals surface area contributed by atoms with Crippen molar-refractivity contribution >= 4 is 5.97 Å². The van der Waals surface area contributed by atoms with Crippen molar-refractivity contribution in [2.24, 2.45) is 0 Å². The predicted octanol–water partition coefficient (Wildman–Crippen LogP) is -4.40. The van der Waals surface area contributed by atoms with E-state index in [2.05, 4.69) is 0 Å². The van der Waals surface area contributed by atoms with Crippen molar-refractivity contribution in [2.45, 2.75) is 5.79 Å². The second-order valence-corrected chi connectivity index (χ2v) is 3.03. The SMILES string of the molecule is COc1ccc(C(O)(O)C(=O)[O-])cc1OC.[Na+]. The van der Waals surface area contributed by atoms with E-state index in [-0.39, 0.29) is 40.9 Å². The molecule has 1 aromatic carbocycles. The van der Waals surface area contributed by atoms with Gasteiger partial charge in [-0.25, -0.2) is 0 Å². The molecule has 88 valence electrons. The van der Waals surface area contributed by atoms with Crippen LogP contribution in [0, 0.1) is 0 Å². The Bertz CT molecular complexity index is 404. The van der Waals surface area contributed by atoms with Crippen molar-refractivity contribution in [2.75, 3.05) is 14.2 Å². The number of aliphatic carboxylic acids is 1. The van der Waals surface area contributed by atoms with Gasteiger partial charge in [-0.15, -0.1) is 0 Å². The second-order valence-electron chi connectivity index (χ2n) is 3.03. The number of carbonyl (C=O) groups excluding carboxylic acids is 1. The first-order chi connectivity index (χ1) is 7.43. The van der Waals surface area contributed by atoms with Crippen LogP contribution >= 0.6 is 0 Å². The maximum atomic E-state index is 10.5. The van der Waals surface area contributed by atoms with Gasteiger partial charge in [-0.3, -0.25) is 0 Å². The van der Waals surface area contributed by atoms with E-state index in [4.69, 9.17) is 9.47 Å². The molecule has 0 fully saturated rings. The number of hydrogen-bond donors (Lipinski definition) is 2. The zero-order chi connectivity index (χ0) is 12.3. The van der Waals surface area contributed by atoms with E-state index < -0.39 is 11.8 Å². The van der Waals surface area contributed by atoms with Gasteiger partial charge >= 0.3 is 29.6 Å². The van der Waals surface area contributed by atoms with Crippen molar-refractivity contribution in [1.82, 2.24) is 0 Å². The molecular formula is C10H11NaO6. The Hall–Kier alpha value is -0.790. The number of benzene rings is 1. The third-order valence-electron chi connectivity index (χ3n) is 2.07. The molecular weight excluding hydrogens is 239 g/mol. The molecule has 0 saturated heterocycles. The van der Waals surface area contributed by atoms with Gasteiger partial charge in [0.15, 0.2) is 11.5 Å². The summed E-state index contributed by atoms with van der Waals surface area (Å²) in [5.74, 6) is -4.53. The number of aliphatic hydroxyl groups is 2. The molecule has 0 amide bonds. The molecule has 0 heterocycles. The van der Waals surface area contributed by atoms with Gasteiger partial charge in [-0.2, -0.15) is 0 Å². The van der Waals surface area contributed by atoms with Gasteiger partial charge in [0, 0.05) is 5.56 Å². The summed E-state index contributed by atoms with van der Waals surface area (Å²) in [5, 5.41) is 29.0. The third kappa shape index (κ3) is 3.34. The molecule has 0 aliphatic heterocycles. The van der Waals surface area contributed by atoms with Crippen LogP contribution < -0.4 is 44.1 Å². The molecule has 17 heavy (non-hydrogen) atoms. The van der Waals surface area contributed by atoms with E-state index in [1.165, 1.54) is 26.4 Å². The molecule has 0 aliphatic rings. The maximum absolute atomic E-state index is 10.5. The Morgan fingerprint density at radius 3 is 2.18 bits per heavy atom.